The van der Waals surface area contributed by atoms with Crippen LogP contribution in [0, 0.1) is 11.6 Å². The minimum atomic E-state index is -0.786. The van der Waals surface area contributed by atoms with Gasteiger partial charge in [-0.3, -0.25) is 5.10 Å². The van der Waals surface area contributed by atoms with E-state index in [2.05, 4.69) is 15.2 Å². The van der Waals surface area contributed by atoms with E-state index in [-0.39, 0.29) is 17.1 Å². The van der Waals surface area contributed by atoms with Gasteiger partial charge in [0.05, 0.1) is 11.3 Å². The van der Waals surface area contributed by atoms with Crippen molar-refractivity contribution >= 4 is 5.69 Å². The maximum atomic E-state index is 13.2. The Bertz CT molecular complexity index is 453. The molecule has 72 valence electrons. The first kappa shape index (κ1) is 8.61. The van der Waals surface area contributed by atoms with Gasteiger partial charge in [0.1, 0.15) is 18.0 Å². The summed E-state index contributed by atoms with van der Waals surface area (Å²) in [5.74, 6) is -1.30. The van der Waals surface area contributed by atoms with E-state index in [9.17, 15) is 8.78 Å². The Balaban J connectivity index is 2.60. The molecule has 0 aliphatic rings. The maximum Gasteiger partial charge on any atom is 0.158 e. The number of halogens is 2. The third-order valence-corrected chi connectivity index (χ3v) is 1.76. The van der Waals surface area contributed by atoms with E-state index in [1.807, 2.05) is 0 Å². The summed E-state index contributed by atoms with van der Waals surface area (Å²) in [6.07, 6.45) is 1.23. The lowest BCUT2D eigenvalue weighted by molar-refractivity contribution is 0.588. The fourth-order valence-electron chi connectivity index (χ4n) is 1.08. The van der Waals surface area contributed by atoms with Gasteiger partial charge < -0.3 is 5.73 Å². The van der Waals surface area contributed by atoms with Crippen LogP contribution < -0.4 is 5.73 Å². The molecule has 0 saturated heterocycles. The zero-order valence-corrected chi connectivity index (χ0v) is 6.96. The van der Waals surface area contributed by atoms with E-state index >= 15 is 0 Å². The van der Waals surface area contributed by atoms with Crippen LogP contribution in [0.1, 0.15) is 0 Å². The van der Waals surface area contributed by atoms with Crippen molar-refractivity contribution in [1.82, 2.24) is 15.2 Å². The molecule has 0 aliphatic carbocycles. The molecule has 0 saturated carbocycles. The highest BCUT2D eigenvalue weighted by atomic mass is 19.1. The van der Waals surface area contributed by atoms with Crippen LogP contribution in [0.5, 0.6) is 0 Å². The lowest BCUT2D eigenvalue weighted by Gasteiger charge is -2.01. The number of nitrogens with zero attached hydrogens (tertiary/aromatic N) is 2. The van der Waals surface area contributed by atoms with E-state index in [0.29, 0.717) is 6.07 Å². The van der Waals surface area contributed by atoms with Crippen molar-refractivity contribution in [1.29, 1.82) is 0 Å². The summed E-state index contributed by atoms with van der Waals surface area (Å²) in [4.78, 5) is 3.73. The Morgan fingerprint density at radius 3 is 2.64 bits per heavy atom. The van der Waals surface area contributed by atoms with Gasteiger partial charge in [0.15, 0.2) is 5.82 Å². The van der Waals surface area contributed by atoms with Crippen LogP contribution in [0.15, 0.2) is 18.5 Å². The fraction of sp³-hybridized carbons (Fsp3) is 0. The molecule has 0 atom stereocenters. The molecule has 6 heteroatoms. The Morgan fingerprint density at radius 1 is 1.21 bits per heavy atom. The third kappa shape index (κ3) is 1.30. The number of H-pyrrole nitrogens is 1. The molecule has 2 aromatic rings. The summed E-state index contributed by atoms with van der Waals surface area (Å²) in [7, 11) is 0. The normalized spacial score (nSPS) is 10.4. The summed E-state index contributed by atoms with van der Waals surface area (Å²) in [5, 5.41) is 6.02. The molecule has 0 bridgehead atoms. The Morgan fingerprint density at radius 2 is 2.00 bits per heavy atom. The first-order valence-electron chi connectivity index (χ1n) is 3.78. The molecule has 3 N–H and O–H groups in total. The van der Waals surface area contributed by atoms with Gasteiger partial charge in [-0.05, 0) is 6.07 Å². The van der Waals surface area contributed by atoms with Crippen LogP contribution in [-0.4, -0.2) is 15.2 Å². The summed E-state index contributed by atoms with van der Waals surface area (Å²) >= 11 is 0. The van der Waals surface area contributed by atoms with Crippen molar-refractivity contribution in [2.45, 2.75) is 0 Å². The van der Waals surface area contributed by atoms with Crippen molar-refractivity contribution in [2.75, 3.05) is 5.73 Å². The van der Waals surface area contributed by atoms with Gasteiger partial charge in [0, 0.05) is 6.07 Å². The molecule has 0 fully saturated rings. The van der Waals surface area contributed by atoms with E-state index in [4.69, 9.17) is 5.73 Å². The van der Waals surface area contributed by atoms with Crippen molar-refractivity contribution in [3.05, 3.63) is 30.1 Å². The molecule has 0 radical (unpaired) electrons. The third-order valence-electron chi connectivity index (χ3n) is 1.76. The van der Waals surface area contributed by atoms with Crippen LogP contribution in [0.2, 0.25) is 0 Å². The molecule has 1 aromatic carbocycles. The van der Waals surface area contributed by atoms with Gasteiger partial charge in [0.2, 0.25) is 0 Å². The van der Waals surface area contributed by atoms with Gasteiger partial charge in [-0.2, -0.15) is 5.10 Å². The standard InChI is InChI=1S/C8H6F2N4/c9-5-2-6(10)7(11)1-4(5)8-12-3-13-14-8/h1-3H,11H2,(H,12,13,14). The molecule has 4 nitrogen and oxygen atoms in total. The number of aromatic nitrogens is 3. The molecule has 1 heterocycles. The Hall–Kier alpha value is -1.98. The number of benzene rings is 1. The van der Waals surface area contributed by atoms with Crippen molar-refractivity contribution in [3.63, 3.8) is 0 Å². The van der Waals surface area contributed by atoms with Gasteiger partial charge in [-0.15, -0.1) is 0 Å². The number of nitrogens with one attached hydrogen (secondary N) is 1. The van der Waals surface area contributed by atoms with E-state index in [1.54, 1.807) is 0 Å². The molecular weight excluding hydrogens is 190 g/mol. The largest absolute Gasteiger partial charge is 0.396 e. The summed E-state index contributed by atoms with van der Waals surface area (Å²) < 4.78 is 26.0. The predicted molar refractivity (Wildman–Crippen MR) is 46.1 cm³/mol. The van der Waals surface area contributed by atoms with Crippen molar-refractivity contribution < 1.29 is 8.78 Å². The zero-order chi connectivity index (χ0) is 10.1. The molecule has 1 aromatic heterocycles. The van der Waals surface area contributed by atoms with Crippen LogP contribution >= 0.6 is 0 Å². The minimum Gasteiger partial charge on any atom is -0.396 e. The van der Waals surface area contributed by atoms with Gasteiger partial charge in [-0.1, -0.05) is 0 Å². The Kier molecular flexibility index (Phi) is 1.88. The highest BCUT2D eigenvalue weighted by Gasteiger charge is 2.11. The number of anilines is 1. The number of aromatic amines is 1. The molecule has 2 rings (SSSR count). The van der Waals surface area contributed by atoms with Gasteiger partial charge in [-0.25, -0.2) is 13.8 Å². The number of hydrogen-bond donors (Lipinski definition) is 2. The topological polar surface area (TPSA) is 67.6 Å². The highest BCUT2D eigenvalue weighted by molar-refractivity contribution is 5.61. The predicted octanol–water partition coefficient (Wildman–Crippen LogP) is 1.33. The van der Waals surface area contributed by atoms with Crippen molar-refractivity contribution in [2.24, 2.45) is 0 Å². The SMILES string of the molecule is Nc1cc(-c2ncn[nH]2)c(F)cc1F. The lowest BCUT2D eigenvalue weighted by Crippen LogP contribution is -1.95. The number of hydrogen-bond acceptors (Lipinski definition) is 3. The average molecular weight is 196 g/mol. The zero-order valence-electron chi connectivity index (χ0n) is 6.96. The second-order valence-electron chi connectivity index (χ2n) is 2.69. The first-order chi connectivity index (χ1) is 6.68. The first-order valence-corrected chi connectivity index (χ1v) is 3.78. The van der Waals surface area contributed by atoms with Crippen LogP contribution in [0.4, 0.5) is 14.5 Å². The monoisotopic (exact) mass is 196 g/mol. The van der Waals surface area contributed by atoms with E-state index < -0.39 is 11.6 Å². The maximum absolute atomic E-state index is 13.2. The molecule has 0 unspecified atom stereocenters. The summed E-state index contributed by atoms with van der Waals surface area (Å²) in [6.45, 7) is 0. The number of nitrogen functional groups attached to an aromatic ring is 1. The lowest BCUT2D eigenvalue weighted by atomic mass is 10.1. The molecule has 0 spiro atoms. The second kappa shape index (κ2) is 3.06. The van der Waals surface area contributed by atoms with Crippen LogP contribution in [-0.2, 0) is 0 Å². The van der Waals surface area contributed by atoms with Crippen molar-refractivity contribution in [3.8, 4) is 11.4 Å². The molecule has 0 aliphatic heterocycles. The average Bonchev–Trinajstić information content (AvgIpc) is 2.64. The van der Waals surface area contributed by atoms with E-state index in [0.717, 1.165) is 0 Å². The quantitative estimate of drug-likeness (QED) is 0.676. The molecule has 0 amide bonds. The molecule has 14 heavy (non-hydrogen) atoms. The van der Waals surface area contributed by atoms with Gasteiger partial charge >= 0.3 is 0 Å². The van der Waals surface area contributed by atoms with Gasteiger partial charge in [0.25, 0.3) is 0 Å². The smallest absolute Gasteiger partial charge is 0.158 e. The number of rotatable bonds is 1. The summed E-state index contributed by atoms with van der Waals surface area (Å²) in [5.41, 5.74) is 5.26. The second-order valence-corrected chi connectivity index (χ2v) is 2.69. The minimum absolute atomic E-state index is 0.0985. The fourth-order valence-corrected chi connectivity index (χ4v) is 1.08. The number of nitrogens with two attached hydrogens (primary N) is 1. The van der Waals surface area contributed by atoms with E-state index in [1.165, 1.54) is 12.4 Å². The highest BCUT2D eigenvalue weighted by Crippen LogP contribution is 2.23. The summed E-state index contributed by atoms with van der Waals surface area (Å²) in [6, 6.07) is 1.89. The Labute approximate surface area is 77.8 Å². The van der Waals surface area contributed by atoms with Crippen LogP contribution in [0.25, 0.3) is 11.4 Å². The molecular formula is C8H6F2N4. The van der Waals surface area contributed by atoms with Crippen LogP contribution in [0.3, 0.4) is 0 Å².